The summed E-state index contributed by atoms with van der Waals surface area (Å²) < 4.78 is 4.64. The van der Waals surface area contributed by atoms with Crippen molar-refractivity contribution in [3.05, 3.63) is 12.3 Å². The van der Waals surface area contributed by atoms with Gasteiger partial charge in [0.15, 0.2) is 0 Å². The van der Waals surface area contributed by atoms with E-state index < -0.39 is 0 Å². The SMILES string of the molecule is CCNC=O.Cl.NCc1nnco1. The number of nitrogens with one attached hydrogen (secondary N) is 1. The molecule has 0 aliphatic carbocycles. The normalized spacial score (nSPS) is 7.54. The third-order valence-corrected chi connectivity index (χ3v) is 0.867. The van der Waals surface area contributed by atoms with Crippen LogP contribution in [-0.4, -0.2) is 23.2 Å². The number of nitrogens with zero attached hydrogens (tertiary/aromatic N) is 2. The first-order chi connectivity index (χ1) is 5.85. The average Bonchev–Trinajstić information content (AvgIpc) is 2.58. The largest absolute Gasteiger partial charge is 0.427 e. The molecule has 0 unspecified atom stereocenters. The molecule has 0 aliphatic heterocycles. The molecule has 13 heavy (non-hydrogen) atoms. The van der Waals surface area contributed by atoms with Crippen LogP contribution in [-0.2, 0) is 11.3 Å². The molecule has 0 fully saturated rings. The zero-order valence-corrected chi connectivity index (χ0v) is 8.08. The second kappa shape index (κ2) is 10.9. The maximum Gasteiger partial charge on any atom is 0.229 e. The van der Waals surface area contributed by atoms with Gasteiger partial charge in [-0.15, -0.1) is 22.6 Å². The molecule has 0 bridgehead atoms. The van der Waals surface area contributed by atoms with Crippen LogP contribution >= 0.6 is 12.4 Å². The number of amides is 1. The van der Waals surface area contributed by atoms with E-state index >= 15 is 0 Å². The number of hydrogen-bond donors (Lipinski definition) is 2. The fraction of sp³-hybridized carbons (Fsp3) is 0.500. The summed E-state index contributed by atoms with van der Waals surface area (Å²) >= 11 is 0. The summed E-state index contributed by atoms with van der Waals surface area (Å²) in [5.74, 6) is 0.472. The second-order valence-corrected chi connectivity index (χ2v) is 1.71. The van der Waals surface area contributed by atoms with E-state index in [1.165, 1.54) is 6.39 Å². The Labute approximate surface area is 82.3 Å². The summed E-state index contributed by atoms with van der Waals surface area (Å²) in [6.45, 7) is 2.91. The Morgan fingerprint density at radius 3 is 2.62 bits per heavy atom. The molecule has 6 nitrogen and oxygen atoms in total. The Morgan fingerprint density at radius 1 is 1.77 bits per heavy atom. The van der Waals surface area contributed by atoms with Crippen molar-refractivity contribution in [1.82, 2.24) is 15.5 Å². The molecule has 0 aliphatic rings. The van der Waals surface area contributed by atoms with Crippen LogP contribution in [0, 0.1) is 0 Å². The zero-order chi connectivity index (χ0) is 9.23. The van der Waals surface area contributed by atoms with Gasteiger partial charge in [-0.2, -0.15) is 0 Å². The maximum atomic E-state index is 9.29. The van der Waals surface area contributed by atoms with Crippen LogP contribution in [0.4, 0.5) is 0 Å². The summed E-state index contributed by atoms with van der Waals surface area (Å²) in [4.78, 5) is 9.29. The van der Waals surface area contributed by atoms with Crippen LogP contribution in [0.5, 0.6) is 0 Å². The predicted molar refractivity (Wildman–Crippen MR) is 49.2 cm³/mol. The van der Waals surface area contributed by atoms with E-state index in [4.69, 9.17) is 5.73 Å². The highest BCUT2D eigenvalue weighted by atomic mass is 35.5. The average molecular weight is 209 g/mol. The first kappa shape index (κ1) is 14.4. The van der Waals surface area contributed by atoms with Gasteiger partial charge in [-0.1, -0.05) is 0 Å². The molecule has 0 spiro atoms. The highest BCUT2D eigenvalue weighted by molar-refractivity contribution is 5.85. The van der Waals surface area contributed by atoms with Crippen molar-refractivity contribution in [3.8, 4) is 0 Å². The number of rotatable bonds is 3. The highest BCUT2D eigenvalue weighted by Gasteiger charge is 1.88. The third-order valence-electron chi connectivity index (χ3n) is 0.867. The lowest BCUT2D eigenvalue weighted by molar-refractivity contribution is -0.109. The van der Waals surface area contributed by atoms with Crippen LogP contribution in [0.2, 0.25) is 0 Å². The van der Waals surface area contributed by atoms with Gasteiger partial charge in [0.05, 0.1) is 6.54 Å². The van der Waals surface area contributed by atoms with E-state index in [0.717, 1.165) is 6.54 Å². The second-order valence-electron chi connectivity index (χ2n) is 1.71. The van der Waals surface area contributed by atoms with Gasteiger partial charge < -0.3 is 15.5 Å². The van der Waals surface area contributed by atoms with Crippen LogP contribution in [0.15, 0.2) is 10.8 Å². The highest BCUT2D eigenvalue weighted by Crippen LogP contribution is 1.84. The van der Waals surface area contributed by atoms with E-state index in [1.54, 1.807) is 0 Å². The van der Waals surface area contributed by atoms with Gasteiger partial charge in [-0.05, 0) is 6.92 Å². The Hall–Kier alpha value is -1.14. The summed E-state index contributed by atoms with van der Waals surface area (Å²) in [6, 6.07) is 0. The number of hydrogen-bond acceptors (Lipinski definition) is 5. The number of carbonyl (C=O) groups excluding carboxylic acids is 1. The van der Waals surface area contributed by atoms with E-state index in [9.17, 15) is 4.79 Å². The first-order valence-corrected chi connectivity index (χ1v) is 3.47. The van der Waals surface area contributed by atoms with Crippen molar-refractivity contribution in [2.45, 2.75) is 13.5 Å². The quantitative estimate of drug-likeness (QED) is 0.666. The Balaban J connectivity index is 0. The summed E-state index contributed by atoms with van der Waals surface area (Å²) in [7, 11) is 0. The first-order valence-electron chi connectivity index (χ1n) is 3.47. The Morgan fingerprint density at radius 2 is 2.46 bits per heavy atom. The third kappa shape index (κ3) is 8.77. The lowest BCUT2D eigenvalue weighted by atomic mass is 10.7. The lowest BCUT2D eigenvalue weighted by Crippen LogP contribution is -2.07. The van der Waals surface area contributed by atoms with Crippen molar-refractivity contribution in [2.24, 2.45) is 5.73 Å². The molecule has 1 amide bonds. The van der Waals surface area contributed by atoms with E-state index in [2.05, 4.69) is 19.9 Å². The molecule has 0 atom stereocenters. The molecule has 1 aromatic rings. The van der Waals surface area contributed by atoms with E-state index in [0.29, 0.717) is 18.8 Å². The summed E-state index contributed by atoms with van der Waals surface area (Å²) in [5.41, 5.74) is 5.10. The smallest absolute Gasteiger partial charge is 0.229 e. The van der Waals surface area contributed by atoms with Gasteiger partial charge in [0.2, 0.25) is 18.7 Å². The number of aromatic nitrogens is 2. The standard InChI is InChI=1S/C3H5N3O.C3H7NO.ClH/c4-1-3-6-5-2-7-3;1-2-4-3-5;/h2H,1,4H2;3H,2H2,1H3,(H,4,5);1H. The maximum absolute atomic E-state index is 9.29. The molecular formula is C6H13ClN4O2. The minimum atomic E-state index is 0. The van der Waals surface area contributed by atoms with Gasteiger partial charge in [0, 0.05) is 6.54 Å². The van der Waals surface area contributed by atoms with E-state index in [1.807, 2.05) is 6.92 Å². The fourth-order valence-corrected chi connectivity index (χ4v) is 0.368. The Bertz CT molecular complexity index is 193. The van der Waals surface area contributed by atoms with Crippen LogP contribution < -0.4 is 11.1 Å². The van der Waals surface area contributed by atoms with Crippen LogP contribution in [0.3, 0.4) is 0 Å². The molecular weight excluding hydrogens is 196 g/mol. The minimum absolute atomic E-state index is 0. The predicted octanol–water partition coefficient (Wildman–Crippen LogP) is -0.298. The number of halogens is 1. The number of nitrogens with two attached hydrogens (primary N) is 1. The van der Waals surface area contributed by atoms with Gasteiger partial charge in [0.25, 0.3) is 0 Å². The van der Waals surface area contributed by atoms with Crippen molar-refractivity contribution in [3.63, 3.8) is 0 Å². The van der Waals surface area contributed by atoms with Crippen LogP contribution in [0.25, 0.3) is 0 Å². The fourth-order valence-electron chi connectivity index (χ4n) is 0.368. The molecule has 0 radical (unpaired) electrons. The summed E-state index contributed by atoms with van der Waals surface area (Å²) in [5, 5.41) is 9.32. The van der Waals surface area contributed by atoms with Crippen molar-refractivity contribution >= 4 is 18.8 Å². The molecule has 0 saturated carbocycles. The topological polar surface area (TPSA) is 94.0 Å². The molecule has 0 saturated heterocycles. The molecule has 7 heteroatoms. The number of carbonyl (C=O) groups is 1. The van der Waals surface area contributed by atoms with Gasteiger partial charge in [-0.3, -0.25) is 4.79 Å². The molecule has 76 valence electrons. The minimum Gasteiger partial charge on any atom is -0.427 e. The van der Waals surface area contributed by atoms with Gasteiger partial charge in [0.1, 0.15) is 0 Å². The zero-order valence-electron chi connectivity index (χ0n) is 7.27. The lowest BCUT2D eigenvalue weighted by Gasteiger charge is -1.78. The van der Waals surface area contributed by atoms with Crippen molar-refractivity contribution < 1.29 is 9.21 Å². The van der Waals surface area contributed by atoms with Crippen molar-refractivity contribution in [1.29, 1.82) is 0 Å². The van der Waals surface area contributed by atoms with Gasteiger partial charge in [-0.25, -0.2) is 0 Å². The molecule has 1 rings (SSSR count). The van der Waals surface area contributed by atoms with E-state index in [-0.39, 0.29) is 12.4 Å². The molecule has 1 heterocycles. The molecule has 0 aromatic carbocycles. The molecule has 1 aromatic heterocycles. The molecule has 3 N–H and O–H groups in total. The Kier molecular flexibility index (Phi) is 12.0. The van der Waals surface area contributed by atoms with Gasteiger partial charge >= 0.3 is 0 Å². The monoisotopic (exact) mass is 208 g/mol. The van der Waals surface area contributed by atoms with Crippen LogP contribution in [0.1, 0.15) is 12.8 Å². The van der Waals surface area contributed by atoms with Crippen molar-refractivity contribution in [2.75, 3.05) is 6.54 Å². The summed E-state index contributed by atoms with van der Waals surface area (Å²) in [6.07, 6.45) is 1.93.